The third-order valence-electron chi connectivity index (χ3n) is 20.3. The Morgan fingerprint density at radius 2 is 0.478 bits per heavy atom. The molecule has 15 aromatic carbocycles. The Balaban J connectivity index is 0.974. The zero-order valence-corrected chi connectivity index (χ0v) is 49.2. The summed E-state index contributed by atoms with van der Waals surface area (Å²) in [5.41, 5.74) is 25.7. The molecule has 90 heavy (non-hydrogen) atoms. The molecule has 0 atom stereocenters. The molecule has 2 aromatic heterocycles. The minimum atomic E-state index is -0.597. The predicted octanol–water partition coefficient (Wildman–Crippen LogP) is 22.2. The van der Waals surface area contributed by atoms with E-state index in [1.807, 2.05) is 0 Å². The molecular weight excluding hydrogens is 1080 g/mol. The summed E-state index contributed by atoms with van der Waals surface area (Å²) in [6.45, 7) is 0. The summed E-state index contributed by atoms with van der Waals surface area (Å²) in [6, 6.07) is 128. The number of hydrogen-bond acceptors (Lipinski definition) is 0. The highest BCUT2D eigenvalue weighted by atomic mass is 15.0. The van der Waals surface area contributed by atoms with Gasteiger partial charge in [0, 0.05) is 32.9 Å². The fourth-order valence-corrected chi connectivity index (χ4v) is 16.7. The number of aromatic nitrogens is 2. The molecular formula is C88H56N2. The van der Waals surface area contributed by atoms with E-state index in [2.05, 4.69) is 349 Å². The molecule has 0 unspecified atom stereocenters. The quantitative estimate of drug-likeness (QED) is 0.134. The third kappa shape index (κ3) is 6.93. The molecule has 0 radical (unpaired) electrons. The highest BCUT2D eigenvalue weighted by Crippen LogP contribution is 2.60. The lowest BCUT2D eigenvalue weighted by Crippen LogP contribution is -2.28. The smallest absolute Gasteiger partial charge is 0.0713 e. The van der Waals surface area contributed by atoms with Crippen LogP contribution in [-0.2, 0) is 10.8 Å². The SMILES string of the molecule is c1ccc(C2(c3ccccc3)c3ccccc3-c3ccc(-c4c5ccc(-n6c7ccccc7c7ccccc76)cc5c(-c5ccc6c(c5)C(c5ccccc5)(c5ccccc5)c5ccccc5-6)c5ccc(-n6c7ccccc7c7ccccc76)cc45)cc32)cc1. The van der Waals surface area contributed by atoms with Crippen molar-refractivity contribution in [1.29, 1.82) is 0 Å². The summed E-state index contributed by atoms with van der Waals surface area (Å²) >= 11 is 0. The van der Waals surface area contributed by atoms with Gasteiger partial charge in [-0.1, -0.05) is 279 Å². The number of hydrogen-bond donors (Lipinski definition) is 0. The highest BCUT2D eigenvalue weighted by Gasteiger charge is 2.48. The first-order valence-corrected chi connectivity index (χ1v) is 31.4. The highest BCUT2D eigenvalue weighted by molar-refractivity contribution is 6.23. The molecule has 2 heteroatoms. The van der Waals surface area contributed by atoms with E-state index in [0.717, 1.165) is 11.4 Å². The van der Waals surface area contributed by atoms with Crippen molar-refractivity contribution >= 4 is 65.2 Å². The molecule has 2 nitrogen and oxygen atoms in total. The Morgan fingerprint density at radius 3 is 0.822 bits per heavy atom. The standard InChI is InChI=1S/C88H56N2/c1-5-25-59(26-6-1)87(60-27-7-2-8-28-60)77-39-19-13-33-65(77)67-49-45-57(53-79(67)87)85-73-51-47-64(90-83-43-23-17-37-71(83)72-38-18-24-44-84(72)90)56-76(73)86(74-52-48-63(55-75(74)85)89-81-41-21-15-35-69(81)70-36-16-22-42-82(70)89)58-46-50-68-66-34-14-20-40-78(66)88(80(68)54-58,61-29-9-3-10-30-61)62-31-11-4-12-32-62/h1-56H. The number of fused-ring (bicyclic) bond motifs is 14. The maximum atomic E-state index is 2.57. The van der Waals surface area contributed by atoms with Crippen LogP contribution < -0.4 is 0 Å². The van der Waals surface area contributed by atoms with Crippen molar-refractivity contribution < 1.29 is 0 Å². The van der Waals surface area contributed by atoms with Gasteiger partial charge >= 0.3 is 0 Å². The lowest BCUT2D eigenvalue weighted by Gasteiger charge is -2.34. The minimum Gasteiger partial charge on any atom is -0.309 e. The van der Waals surface area contributed by atoms with Crippen LogP contribution in [0.25, 0.3) is 121 Å². The van der Waals surface area contributed by atoms with Crippen molar-refractivity contribution in [3.63, 3.8) is 0 Å². The Bertz CT molecular complexity index is 5230. The maximum absolute atomic E-state index is 2.57. The van der Waals surface area contributed by atoms with Gasteiger partial charge in [-0.3, -0.25) is 0 Å². The topological polar surface area (TPSA) is 9.86 Å². The largest absolute Gasteiger partial charge is 0.309 e. The van der Waals surface area contributed by atoms with Crippen LogP contribution in [0.1, 0.15) is 44.5 Å². The van der Waals surface area contributed by atoms with Crippen LogP contribution in [0.2, 0.25) is 0 Å². The minimum absolute atomic E-state index is 0.597. The Labute approximate surface area is 522 Å². The Hall–Kier alpha value is -11.6. The van der Waals surface area contributed by atoms with Gasteiger partial charge in [-0.2, -0.15) is 0 Å². The molecule has 17 aromatic rings. The molecule has 0 bridgehead atoms. The van der Waals surface area contributed by atoms with E-state index in [4.69, 9.17) is 0 Å². The van der Waals surface area contributed by atoms with E-state index >= 15 is 0 Å². The van der Waals surface area contributed by atoms with Crippen molar-refractivity contribution in [1.82, 2.24) is 9.13 Å². The van der Waals surface area contributed by atoms with Crippen molar-refractivity contribution in [2.24, 2.45) is 0 Å². The first-order chi connectivity index (χ1) is 44.7. The lowest BCUT2D eigenvalue weighted by molar-refractivity contribution is 0.769. The zero-order chi connectivity index (χ0) is 59.1. The lowest BCUT2D eigenvalue weighted by atomic mass is 9.67. The second-order valence-electron chi connectivity index (χ2n) is 24.5. The van der Waals surface area contributed by atoms with Gasteiger partial charge in [-0.05, 0) is 171 Å². The Kier molecular flexibility index (Phi) is 10.9. The van der Waals surface area contributed by atoms with E-state index in [9.17, 15) is 0 Å². The second-order valence-corrected chi connectivity index (χ2v) is 24.5. The van der Waals surface area contributed by atoms with Gasteiger partial charge in [0.25, 0.3) is 0 Å². The van der Waals surface area contributed by atoms with Gasteiger partial charge in [-0.15, -0.1) is 0 Å². The van der Waals surface area contributed by atoms with Gasteiger partial charge in [0.1, 0.15) is 0 Å². The van der Waals surface area contributed by atoms with Crippen molar-refractivity contribution in [3.05, 3.63) is 384 Å². The van der Waals surface area contributed by atoms with Crippen molar-refractivity contribution in [3.8, 4) is 55.9 Å². The second kappa shape index (κ2) is 19.5. The first-order valence-electron chi connectivity index (χ1n) is 31.4. The van der Waals surface area contributed by atoms with E-state index in [1.54, 1.807) is 0 Å². The molecule has 2 aliphatic rings. The van der Waals surface area contributed by atoms with Crippen molar-refractivity contribution in [2.45, 2.75) is 10.8 Å². The van der Waals surface area contributed by atoms with Crippen LogP contribution in [0.4, 0.5) is 0 Å². The molecule has 0 aliphatic heterocycles. The Morgan fingerprint density at radius 1 is 0.189 bits per heavy atom. The summed E-state index contributed by atoms with van der Waals surface area (Å²) < 4.78 is 4.97. The zero-order valence-electron chi connectivity index (χ0n) is 49.2. The van der Waals surface area contributed by atoms with Gasteiger partial charge in [0.2, 0.25) is 0 Å². The van der Waals surface area contributed by atoms with Crippen molar-refractivity contribution in [2.75, 3.05) is 0 Å². The summed E-state index contributed by atoms with van der Waals surface area (Å²) in [4.78, 5) is 0. The fourth-order valence-electron chi connectivity index (χ4n) is 16.7. The number of nitrogens with zero attached hydrogens (tertiary/aromatic N) is 2. The summed E-state index contributed by atoms with van der Waals surface area (Å²) in [7, 11) is 0. The molecule has 0 spiro atoms. The predicted molar refractivity (Wildman–Crippen MR) is 376 cm³/mol. The first kappa shape index (κ1) is 50.6. The van der Waals surface area contributed by atoms with Crippen LogP contribution in [0, 0.1) is 0 Å². The third-order valence-corrected chi connectivity index (χ3v) is 20.3. The molecule has 0 fully saturated rings. The molecule has 2 heterocycles. The van der Waals surface area contributed by atoms with Gasteiger partial charge in [-0.25, -0.2) is 0 Å². The summed E-state index contributed by atoms with van der Waals surface area (Å²) in [6.07, 6.45) is 0. The monoisotopic (exact) mass is 1140 g/mol. The average molecular weight is 1140 g/mol. The average Bonchev–Trinajstić information content (AvgIpc) is 1.48. The molecule has 0 saturated heterocycles. The van der Waals surface area contributed by atoms with Gasteiger partial charge in [0.05, 0.1) is 32.9 Å². The molecule has 0 amide bonds. The fraction of sp³-hybridized carbons (Fsp3) is 0.0227. The molecule has 2 aliphatic carbocycles. The normalized spacial score (nSPS) is 13.5. The van der Waals surface area contributed by atoms with E-state index < -0.39 is 10.8 Å². The van der Waals surface area contributed by atoms with Crippen LogP contribution in [0.15, 0.2) is 340 Å². The van der Waals surface area contributed by atoms with E-state index in [0.29, 0.717) is 0 Å². The van der Waals surface area contributed by atoms with Gasteiger partial charge in [0.15, 0.2) is 0 Å². The number of rotatable bonds is 8. The molecule has 418 valence electrons. The molecule has 0 N–H and O–H groups in total. The van der Waals surface area contributed by atoms with Crippen LogP contribution in [0.3, 0.4) is 0 Å². The molecule has 19 rings (SSSR count). The van der Waals surface area contributed by atoms with Crippen LogP contribution >= 0.6 is 0 Å². The number of benzene rings is 15. The number of para-hydroxylation sites is 4. The van der Waals surface area contributed by atoms with Gasteiger partial charge < -0.3 is 9.13 Å². The summed E-state index contributed by atoms with van der Waals surface area (Å²) in [5, 5.41) is 9.68. The van der Waals surface area contributed by atoms with Crippen LogP contribution in [0.5, 0.6) is 0 Å². The van der Waals surface area contributed by atoms with E-state index in [-0.39, 0.29) is 0 Å². The van der Waals surface area contributed by atoms with E-state index in [1.165, 1.54) is 154 Å². The van der Waals surface area contributed by atoms with Crippen LogP contribution in [-0.4, -0.2) is 9.13 Å². The molecule has 0 saturated carbocycles. The summed E-state index contributed by atoms with van der Waals surface area (Å²) in [5.74, 6) is 0. The maximum Gasteiger partial charge on any atom is 0.0713 e.